The van der Waals surface area contributed by atoms with Crippen molar-refractivity contribution in [2.45, 2.75) is 31.1 Å². The minimum atomic E-state index is -3.30. The second-order valence-corrected chi connectivity index (χ2v) is 10.7. The molecule has 0 bridgehead atoms. The fourth-order valence-electron chi connectivity index (χ4n) is 3.16. The Balaban J connectivity index is 1.79. The zero-order valence-electron chi connectivity index (χ0n) is 19.1. The van der Waals surface area contributed by atoms with Crippen molar-refractivity contribution < 1.29 is 22.7 Å². The third-order valence-electron chi connectivity index (χ3n) is 4.93. The van der Waals surface area contributed by atoms with Crippen LogP contribution in [0.3, 0.4) is 0 Å². The van der Waals surface area contributed by atoms with E-state index >= 15 is 0 Å². The van der Waals surface area contributed by atoms with Gasteiger partial charge in [-0.1, -0.05) is 49.2 Å². The van der Waals surface area contributed by atoms with Gasteiger partial charge in [0.1, 0.15) is 10.8 Å². The Labute approximate surface area is 208 Å². The fourth-order valence-corrected chi connectivity index (χ4v) is 4.29. The highest BCUT2D eigenvalue weighted by Crippen LogP contribution is 2.41. The summed E-state index contributed by atoms with van der Waals surface area (Å²) in [6, 6.07) is 11.1. The highest BCUT2D eigenvalue weighted by molar-refractivity contribution is 7.90. The highest BCUT2D eigenvalue weighted by atomic mass is 35.5. The predicted molar refractivity (Wildman–Crippen MR) is 133 cm³/mol. The normalized spacial score (nSPS) is 11.4. The summed E-state index contributed by atoms with van der Waals surface area (Å²) in [5.41, 5.74) is 1.83. The SMILES string of the molecule is COc1ncc(Oc2c(Cl)ccc(NC(=O)Cc3ccc(S(C)(=O)=O)cc3)c2Cl)cc1C(C)C. The van der Waals surface area contributed by atoms with E-state index in [2.05, 4.69) is 10.3 Å². The third kappa shape index (κ3) is 6.20. The number of benzene rings is 2. The third-order valence-corrected chi connectivity index (χ3v) is 6.73. The first-order valence-electron chi connectivity index (χ1n) is 10.3. The van der Waals surface area contributed by atoms with E-state index in [-0.39, 0.29) is 38.9 Å². The number of sulfone groups is 1. The molecular weight excluding hydrogens is 499 g/mol. The van der Waals surface area contributed by atoms with Crippen LogP contribution in [0.5, 0.6) is 17.4 Å². The molecule has 0 saturated heterocycles. The summed E-state index contributed by atoms with van der Waals surface area (Å²) >= 11 is 12.8. The standard InChI is InChI=1S/C24H24Cl2N2O5S/c1-14(2)18-12-16(13-27-24(18)32-3)33-23-19(25)9-10-20(22(23)26)28-21(29)11-15-5-7-17(8-6-15)34(4,30)31/h5-10,12-14H,11H2,1-4H3,(H,28,29). The first-order chi connectivity index (χ1) is 16.0. The van der Waals surface area contributed by atoms with Gasteiger partial charge in [0.25, 0.3) is 0 Å². The summed E-state index contributed by atoms with van der Waals surface area (Å²) in [5.74, 6) is 0.915. The average molecular weight is 523 g/mol. The maximum atomic E-state index is 12.6. The van der Waals surface area contributed by atoms with E-state index in [1.165, 1.54) is 18.3 Å². The first kappa shape index (κ1) is 25.8. The molecule has 0 aliphatic carbocycles. The molecule has 0 saturated carbocycles. The zero-order valence-corrected chi connectivity index (χ0v) is 21.4. The Kier molecular flexibility index (Phi) is 8.07. The molecule has 1 aromatic heterocycles. The van der Waals surface area contributed by atoms with Gasteiger partial charge in [0, 0.05) is 11.8 Å². The molecule has 0 aliphatic rings. The second-order valence-electron chi connectivity index (χ2n) is 7.91. The number of anilines is 1. The van der Waals surface area contributed by atoms with Gasteiger partial charge in [0.05, 0.1) is 35.3 Å². The van der Waals surface area contributed by atoms with Gasteiger partial charge in [-0.15, -0.1) is 0 Å². The van der Waals surface area contributed by atoms with E-state index in [1.807, 2.05) is 13.8 Å². The minimum absolute atomic E-state index is 0.0271. The fraction of sp³-hybridized carbons (Fsp3) is 0.250. The van der Waals surface area contributed by atoms with Gasteiger partial charge >= 0.3 is 0 Å². The van der Waals surface area contributed by atoms with Crippen molar-refractivity contribution in [2.75, 3.05) is 18.7 Å². The molecule has 34 heavy (non-hydrogen) atoms. The molecule has 0 fully saturated rings. The summed E-state index contributed by atoms with van der Waals surface area (Å²) in [4.78, 5) is 17.0. The Morgan fingerprint density at radius 2 is 1.79 bits per heavy atom. The number of carbonyl (C=O) groups excluding carboxylic acids is 1. The van der Waals surface area contributed by atoms with Crippen LogP contribution < -0.4 is 14.8 Å². The summed E-state index contributed by atoms with van der Waals surface area (Å²) in [6.07, 6.45) is 2.66. The summed E-state index contributed by atoms with van der Waals surface area (Å²) in [6.45, 7) is 4.02. The predicted octanol–water partition coefficient (Wildman–Crippen LogP) is 5.90. The number of amides is 1. The first-order valence-corrected chi connectivity index (χ1v) is 12.9. The van der Waals surface area contributed by atoms with E-state index in [0.717, 1.165) is 11.8 Å². The highest BCUT2D eigenvalue weighted by Gasteiger charge is 2.17. The molecule has 1 heterocycles. The molecule has 0 spiro atoms. The molecule has 1 N–H and O–H groups in total. The number of ether oxygens (including phenoxy) is 2. The molecule has 0 atom stereocenters. The van der Waals surface area contributed by atoms with E-state index in [4.69, 9.17) is 32.7 Å². The van der Waals surface area contributed by atoms with Gasteiger partial charge in [0.2, 0.25) is 11.8 Å². The maximum absolute atomic E-state index is 12.6. The number of methoxy groups -OCH3 is 1. The molecule has 2 aromatic carbocycles. The lowest BCUT2D eigenvalue weighted by atomic mass is 10.1. The molecule has 3 rings (SSSR count). The molecule has 7 nitrogen and oxygen atoms in total. The minimum Gasteiger partial charge on any atom is -0.481 e. The van der Waals surface area contributed by atoms with Gasteiger partial charge in [-0.2, -0.15) is 0 Å². The topological polar surface area (TPSA) is 94.6 Å². The van der Waals surface area contributed by atoms with Gasteiger partial charge in [-0.25, -0.2) is 13.4 Å². The largest absolute Gasteiger partial charge is 0.481 e. The van der Waals surface area contributed by atoms with Gasteiger partial charge in [0.15, 0.2) is 15.6 Å². The van der Waals surface area contributed by atoms with Crippen molar-refractivity contribution >= 4 is 44.6 Å². The quantitative estimate of drug-likeness (QED) is 0.395. The van der Waals surface area contributed by atoms with Crippen LogP contribution in [-0.2, 0) is 21.1 Å². The molecule has 180 valence electrons. The lowest BCUT2D eigenvalue weighted by Crippen LogP contribution is -2.15. The van der Waals surface area contributed by atoms with Crippen molar-refractivity contribution in [3.05, 3.63) is 69.8 Å². The summed E-state index contributed by atoms with van der Waals surface area (Å²) in [5, 5.41) is 3.14. The second kappa shape index (κ2) is 10.6. The summed E-state index contributed by atoms with van der Waals surface area (Å²) < 4.78 is 34.4. The Bertz CT molecular complexity index is 1310. The van der Waals surface area contributed by atoms with Crippen molar-refractivity contribution in [3.8, 4) is 17.4 Å². The number of carbonyl (C=O) groups is 1. The lowest BCUT2D eigenvalue weighted by molar-refractivity contribution is -0.115. The number of hydrogen-bond donors (Lipinski definition) is 1. The number of halogens is 2. The molecular formula is C24H24Cl2N2O5S. The number of rotatable bonds is 8. The molecule has 10 heteroatoms. The van der Waals surface area contributed by atoms with Crippen LogP contribution in [0.1, 0.15) is 30.9 Å². The maximum Gasteiger partial charge on any atom is 0.228 e. The zero-order chi connectivity index (χ0) is 25.0. The molecule has 3 aromatic rings. The molecule has 0 unspecified atom stereocenters. The number of nitrogens with zero attached hydrogens (tertiary/aromatic N) is 1. The van der Waals surface area contributed by atoms with Crippen molar-refractivity contribution in [1.82, 2.24) is 4.98 Å². The Morgan fingerprint density at radius 3 is 2.38 bits per heavy atom. The van der Waals surface area contributed by atoms with Crippen LogP contribution in [0, 0.1) is 0 Å². The molecule has 1 amide bonds. The Morgan fingerprint density at radius 1 is 1.12 bits per heavy atom. The van der Waals surface area contributed by atoms with Gasteiger partial charge in [-0.3, -0.25) is 4.79 Å². The molecule has 0 aliphatic heterocycles. The van der Waals surface area contributed by atoms with Gasteiger partial charge < -0.3 is 14.8 Å². The van der Waals surface area contributed by atoms with E-state index in [0.29, 0.717) is 22.9 Å². The van der Waals surface area contributed by atoms with Crippen LogP contribution in [0.15, 0.2) is 53.6 Å². The van der Waals surface area contributed by atoms with Crippen molar-refractivity contribution in [1.29, 1.82) is 0 Å². The summed E-state index contributed by atoms with van der Waals surface area (Å²) in [7, 11) is -1.75. The smallest absolute Gasteiger partial charge is 0.228 e. The average Bonchev–Trinajstić information content (AvgIpc) is 2.78. The van der Waals surface area contributed by atoms with E-state index in [1.54, 1.807) is 37.4 Å². The lowest BCUT2D eigenvalue weighted by Gasteiger charge is -2.16. The van der Waals surface area contributed by atoms with Crippen LogP contribution in [-0.4, -0.2) is 32.7 Å². The number of pyridine rings is 1. The monoisotopic (exact) mass is 522 g/mol. The van der Waals surface area contributed by atoms with Crippen molar-refractivity contribution in [2.24, 2.45) is 0 Å². The van der Waals surface area contributed by atoms with Crippen LogP contribution in [0.2, 0.25) is 10.0 Å². The van der Waals surface area contributed by atoms with Gasteiger partial charge in [-0.05, 0) is 41.8 Å². The number of aromatic nitrogens is 1. The van der Waals surface area contributed by atoms with E-state index in [9.17, 15) is 13.2 Å². The van der Waals surface area contributed by atoms with Crippen LogP contribution in [0.4, 0.5) is 5.69 Å². The van der Waals surface area contributed by atoms with Crippen molar-refractivity contribution in [3.63, 3.8) is 0 Å². The van der Waals surface area contributed by atoms with E-state index < -0.39 is 9.84 Å². The number of hydrogen-bond acceptors (Lipinski definition) is 6. The van der Waals surface area contributed by atoms with Crippen LogP contribution in [0.25, 0.3) is 0 Å². The Hall–Kier alpha value is -2.81. The van der Waals surface area contributed by atoms with Crippen LogP contribution >= 0.6 is 23.2 Å². The number of nitrogens with one attached hydrogen (secondary N) is 1. The molecule has 0 radical (unpaired) electrons.